The molecule has 158 valence electrons. The Morgan fingerprint density at radius 2 is 1.80 bits per heavy atom. The summed E-state index contributed by atoms with van der Waals surface area (Å²) >= 11 is 0. The molecule has 4 rings (SSSR count). The standard InChI is InChI=1S/C19H23N7O3S/c1-13-19(14(2)29-24-13)30(27,28)26-10-8-25(9-11-26)18-12-17(21-15(3)22-18)23-16-6-4-5-7-20-16/h4-7,12H,8-11H2,1-3H3,(H,20,21,22,23). The van der Waals surface area contributed by atoms with E-state index in [-0.39, 0.29) is 4.90 Å². The Morgan fingerprint density at radius 3 is 2.43 bits per heavy atom. The average Bonchev–Trinajstić information content (AvgIpc) is 3.07. The lowest BCUT2D eigenvalue weighted by atomic mass is 10.3. The van der Waals surface area contributed by atoms with Gasteiger partial charge in [0.15, 0.2) is 5.76 Å². The number of hydrogen-bond acceptors (Lipinski definition) is 9. The number of aromatic nitrogens is 4. The second kappa shape index (κ2) is 8.00. The maximum absolute atomic E-state index is 13.0. The number of hydrogen-bond donors (Lipinski definition) is 1. The second-order valence-electron chi connectivity index (χ2n) is 7.04. The smallest absolute Gasteiger partial charge is 0.248 e. The molecule has 0 saturated carbocycles. The molecule has 0 amide bonds. The van der Waals surface area contributed by atoms with Gasteiger partial charge in [0.2, 0.25) is 10.0 Å². The van der Waals surface area contributed by atoms with Gasteiger partial charge in [-0.1, -0.05) is 11.2 Å². The third-order valence-corrected chi connectivity index (χ3v) is 7.02. The van der Waals surface area contributed by atoms with Gasteiger partial charge in [-0.15, -0.1) is 0 Å². The fourth-order valence-corrected chi connectivity index (χ4v) is 5.19. The van der Waals surface area contributed by atoms with Crippen LogP contribution in [0.2, 0.25) is 0 Å². The Balaban J connectivity index is 1.49. The van der Waals surface area contributed by atoms with E-state index >= 15 is 0 Å². The highest BCUT2D eigenvalue weighted by Gasteiger charge is 2.33. The summed E-state index contributed by atoms with van der Waals surface area (Å²) in [5.41, 5.74) is 0.381. The van der Waals surface area contributed by atoms with Gasteiger partial charge in [-0.25, -0.2) is 23.4 Å². The van der Waals surface area contributed by atoms with Gasteiger partial charge in [-0.3, -0.25) is 0 Å². The molecule has 0 bridgehead atoms. The zero-order valence-corrected chi connectivity index (χ0v) is 17.8. The third-order valence-electron chi connectivity index (χ3n) is 4.87. The summed E-state index contributed by atoms with van der Waals surface area (Å²) in [6.07, 6.45) is 1.70. The molecule has 1 saturated heterocycles. The molecule has 10 nitrogen and oxygen atoms in total. The minimum atomic E-state index is -3.65. The summed E-state index contributed by atoms with van der Waals surface area (Å²) in [4.78, 5) is 15.4. The number of nitrogens with zero attached hydrogens (tertiary/aromatic N) is 6. The molecule has 3 aromatic heterocycles. The molecule has 11 heteroatoms. The van der Waals surface area contributed by atoms with Crippen molar-refractivity contribution < 1.29 is 12.9 Å². The van der Waals surface area contributed by atoms with Crippen LogP contribution in [-0.4, -0.2) is 59.0 Å². The summed E-state index contributed by atoms with van der Waals surface area (Å²) in [6.45, 7) is 6.80. The van der Waals surface area contributed by atoms with Gasteiger partial charge in [0, 0.05) is 38.4 Å². The van der Waals surface area contributed by atoms with E-state index in [2.05, 4.69) is 30.3 Å². The van der Waals surface area contributed by atoms with Gasteiger partial charge in [0.1, 0.15) is 33.9 Å². The van der Waals surface area contributed by atoms with Gasteiger partial charge in [-0.05, 0) is 32.9 Å². The highest BCUT2D eigenvalue weighted by molar-refractivity contribution is 7.89. The second-order valence-corrected chi connectivity index (χ2v) is 8.92. The molecule has 0 aromatic carbocycles. The van der Waals surface area contributed by atoms with Crippen molar-refractivity contribution in [2.75, 3.05) is 36.4 Å². The lowest BCUT2D eigenvalue weighted by molar-refractivity contribution is 0.377. The maximum atomic E-state index is 13.0. The number of sulfonamides is 1. The largest absolute Gasteiger partial charge is 0.360 e. The molecule has 3 aromatic rings. The van der Waals surface area contributed by atoms with E-state index in [9.17, 15) is 8.42 Å². The lowest BCUT2D eigenvalue weighted by Gasteiger charge is -2.34. The fraction of sp³-hybridized carbons (Fsp3) is 0.368. The first-order chi connectivity index (χ1) is 14.3. The van der Waals surface area contributed by atoms with Gasteiger partial charge in [0.25, 0.3) is 0 Å². The molecule has 0 aliphatic carbocycles. The highest BCUT2D eigenvalue weighted by atomic mass is 32.2. The topological polar surface area (TPSA) is 117 Å². The van der Waals surface area contributed by atoms with E-state index in [0.29, 0.717) is 55.1 Å². The lowest BCUT2D eigenvalue weighted by Crippen LogP contribution is -2.49. The first-order valence-corrected chi connectivity index (χ1v) is 11.0. The van der Waals surface area contributed by atoms with Crippen LogP contribution in [0, 0.1) is 20.8 Å². The van der Waals surface area contributed by atoms with Crippen LogP contribution in [0.4, 0.5) is 17.5 Å². The molecule has 0 atom stereocenters. The Labute approximate surface area is 175 Å². The summed E-state index contributed by atoms with van der Waals surface area (Å²) in [6, 6.07) is 7.44. The van der Waals surface area contributed by atoms with Crippen molar-refractivity contribution >= 4 is 27.5 Å². The molecule has 1 N–H and O–H groups in total. The van der Waals surface area contributed by atoms with Crippen molar-refractivity contribution in [3.63, 3.8) is 0 Å². The van der Waals surface area contributed by atoms with Crippen LogP contribution in [0.3, 0.4) is 0 Å². The quantitative estimate of drug-likeness (QED) is 0.650. The summed E-state index contributed by atoms with van der Waals surface area (Å²) in [7, 11) is -3.65. The monoisotopic (exact) mass is 429 g/mol. The zero-order valence-electron chi connectivity index (χ0n) is 17.0. The first kappa shape index (κ1) is 20.2. The molecule has 1 aliphatic heterocycles. The number of nitrogens with one attached hydrogen (secondary N) is 1. The van der Waals surface area contributed by atoms with Crippen molar-refractivity contribution in [2.24, 2.45) is 0 Å². The van der Waals surface area contributed by atoms with E-state index in [0.717, 1.165) is 5.82 Å². The average molecular weight is 430 g/mol. The third kappa shape index (κ3) is 3.98. The molecule has 0 spiro atoms. The van der Waals surface area contributed by atoms with Crippen molar-refractivity contribution in [2.45, 2.75) is 25.7 Å². The van der Waals surface area contributed by atoms with Crippen LogP contribution in [-0.2, 0) is 10.0 Å². The Morgan fingerprint density at radius 1 is 1.03 bits per heavy atom. The molecular formula is C19H23N7O3S. The number of piperazine rings is 1. The van der Waals surface area contributed by atoms with E-state index in [1.807, 2.05) is 31.2 Å². The van der Waals surface area contributed by atoms with Gasteiger partial charge in [-0.2, -0.15) is 4.31 Å². The van der Waals surface area contributed by atoms with Crippen LogP contribution in [0.15, 0.2) is 39.9 Å². The number of anilines is 3. The van der Waals surface area contributed by atoms with E-state index in [1.165, 1.54) is 4.31 Å². The Bertz CT molecular complexity index is 1120. The minimum Gasteiger partial charge on any atom is -0.360 e. The van der Waals surface area contributed by atoms with Crippen LogP contribution < -0.4 is 10.2 Å². The van der Waals surface area contributed by atoms with Gasteiger partial charge in [0.05, 0.1) is 0 Å². The van der Waals surface area contributed by atoms with E-state index in [1.54, 1.807) is 20.0 Å². The first-order valence-electron chi connectivity index (χ1n) is 9.56. The number of rotatable bonds is 5. The van der Waals surface area contributed by atoms with E-state index in [4.69, 9.17) is 4.52 Å². The van der Waals surface area contributed by atoms with Crippen molar-refractivity contribution in [3.05, 3.63) is 47.7 Å². The molecule has 30 heavy (non-hydrogen) atoms. The molecule has 1 aliphatic rings. The predicted octanol–water partition coefficient (Wildman–Crippen LogP) is 2.04. The van der Waals surface area contributed by atoms with Crippen molar-refractivity contribution in [1.29, 1.82) is 0 Å². The molecule has 1 fully saturated rings. The van der Waals surface area contributed by atoms with Gasteiger partial charge < -0.3 is 14.7 Å². The minimum absolute atomic E-state index is 0.163. The van der Waals surface area contributed by atoms with Crippen molar-refractivity contribution in [1.82, 2.24) is 24.4 Å². The van der Waals surface area contributed by atoms with E-state index < -0.39 is 10.0 Å². The SMILES string of the molecule is Cc1nc(Nc2ccccn2)cc(N2CCN(S(=O)(=O)c3c(C)noc3C)CC2)n1. The summed E-state index contributed by atoms with van der Waals surface area (Å²) in [5, 5.41) is 6.95. The molecular weight excluding hydrogens is 406 g/mol. The van der Waals surface area contributed by atoms with Gasteiger partial charge >= 0.3 is 0 Å². The van der Waals surface area contributed by atoms with Crippen molar-refractivity contribution in [3.8, 4) is 0 Å². The predicted molar refractivity (Wildman–Crippen MR) is 111 cm³/mol. The maximum Gasteiger partial charge on any atom is 0.248 e. The molecule has 0 unspecified atom stereocenters. The van der Waals surface area contributed by atoms with Crippen LogP contribution in [0.25, 0.3) is 0 Å². The van der Waals surface area contributed by atoms with Crippen LogP contribution >= 0.6 is 0 Å². The molecule has 4 heterocycles. The summed E-state index contributed by atoms with van der Waals surface area (Å²) < 4.78 is 32.5. The Hall–Kier alpha value is -3.05. The van der Waals surface area contributed by atoms with Crippen LogP contribution in [0.5, 0.6) is 0 Å². The number of aryl methyl sites for hydroxylation is 3. The molecule has 0 radical (unpaired) electrons. The van der Waals surface area contributed by atoms with Crippen LogP contribution in [0.1, 0.15) is 17.3 Å². The normalized spacial score (nSPS) is 15.4. The zero-order chi connectivity index (χ0) is 21.3. The number of pyridine rings is 1. The Kier molecular flexibility index (Phi) is 5.39. The highest BCUT2D eigenvalue weighted by Crippen LogP contribution is 2.26. The fourth-order valence-electron chi connectivity index (χ4n) is 3.48. The summed E-state index contributed by atoms with van der Waals surface area (Å²) in [5.74, 6) is 3.01.